The highest BCUT2D eigenvalue weighted by Gasteiger charge is 2.44. The van der Waals surface area contributed by atoms with E-state index in [1.54, 1.807) is 0 Å². The van der Waals surface area contributed by atoms with Gasteiger partial charge in [-0.25, -0.2) is 0 Å². The van der Waals surface area contributed by atoms with Gasteiger partial charge in [-0.2, -0.15) is 18.4 Å². The van der Waals surface area contributed by atoms with Crippen molar-refractivity contribution in [3.8, 4) is 6.07 Å². The lowest BCUT2D eigenvalue weighted by Gasteiger charge is -2.12. The Balaban J connectivity index is 2.14. The summed E-state index contributed by atoms with van der Waals surface area (Å²) in [6.45, 7) is 0. The molecule has 1 atom stereocenters. The second-order valence-corrected chi connectivity index (χ2v) is 6.30. The van der Waals surface area contributed by atoms with E-state index in [1.807, 2.05) is 6.07 Å². The van der Waals surface area contributed by atoms with E-state index in [9.17, 15) is 17.4 Å². The zero-order valence-electron chi connectivity index (χ0n) is 10.0. The van der Waals surface area contributed by atoms with E-state index in [2.05, 4.69) is 0 Å². The van der Waals surface area contributed by atoms with Crippen molar-refractivity contribution in [2.24, 2.45) is 5.41 Å². The maximum Gasteiger partial charge on any atom is 0.416 e. The SMILES string of the molecule is N#CCC1(CS(=O)c2cccc(C(F)(F)F)c2)CC1. The van der Waals surface area contributed by atoms with Gasteiger partial charge in [0, 0.05) is 17.1 Å². The van der Waals surface area contributed by atoms with Crippen molar-refractivity contribution in [3.63, 3.8) is 0 Å². The number of hydrogen-bond donors (Lipinski definition) is 0. The van der Waals surface area contributed by atoms with Crippen molar-refractivity contribution < 1.29 is 17.4 Å². The minimum absolute atomic E-state index is 0.180. The summed E-state index contributed by atoms with van der Waals surface area (Å²) in [6, 6.07) is 6.64. The van der Waals surface area contributed by atoms with Crippen LogP contribution in [0.25, 0.3) is 0 Å². The minimum Gasteiger partial charge on any atom is -0.254 e. The summed E-state index contributed by atoms with van der Waals surface area (Å²) in [5.74, 6) is 0.266. The molecule has 2 nitrogen and oxygen atoms in total. The van der Waals surface area contributed by atoms with Crippen LogP contribution in [0, 0.1) is 16.7 Å². The number of halogens is 3. The lowest BCUT2D eigenvalue weighted by Crippen LogP contribution is -2.13. The molecule has 1 saturated carbocycles. The Kier molecular flexibility index (Phi) is 3.68. The molecule has 0 aromatic heterocycles. The van der Waals surface area contributed by atoms with Crippen LogP contribution in [0.5, 0.6) is 0 Å². The van der Waals surface area contributed by atoms with Crippen LogP contribution in [-0.2, 0) is 17.0 Å². The lowest BCUT2D eigenvalue weighted by atomic mass is 10.1. The first-order valence-electron chi connectivity index (χ1n) is 5.79. The molecule has 0 bridgehead atoms. The Hall–Kier alpha value is -1.35. The van der Waals surface area contributed by atoms with Crippen LogP contribution in [0.3, 0.4) is 0 Å². The number of rotatable bonds is 4. The molecule has 1 aliphatic carbocycles. The zero-order chi connectivity index (χ0) is 14.1. The number of alkyl halides is 3. The third kappa shape index (κ3) is 3.35. The largest absolute Gasteiger partial charge is 0.416 e. The Morgan fingerprint density at radius 3 is 2.58 bits per heavy atom. The Bertz CT molecular complexity index is 544. The first-order valence-corrected chi connectivity index (χ1v) is 7.11. The van der Waals surface area contributed by atoms with Crippen LogP contribution in [-0.4, -0.2) is 9.96 Å². The molecule has 2 rings (SSSR count). The van der Waals surface area contributed by atoms with Gasteiger partial charge < -0.3 is 0 Å². The number of nitriles is 1. The topological polar surface area (TPSA) is 40.9 Å². The van der Waals surface area contributed by atoms with Crippen molar-refractivity contribution in [1.29, 1.82) is 5.26 Å². The number of nitrogens with zero attached hydrogens (tertiary/aromatic N) is 1. The van der Waals surface area contributed by atoms with Gasteiger partial charge in [0.25, 0.3) is 0 Å². The molecule has 6 heteroatoms. The van der Waals surface area contributed by atoms with Crippen molar-refractivity contribution in [2.45, 2.75) is 30.3 Å². The highest BCUT2D eigenvalue weighted by molar-refractivity contribution is 7.85. The van der Waals surface area contributed by atoms with Crippen LogP contribution in [0.2, 0.25) is 0 Å². The first-order chi connectivity index (χ1) is 8.86. The van der Waals surface area contributed by atoms with Crippen molar-refractivity contribution >= 4 is 10.8 Å². The average Bonchev–Trinajstić information content (AvgIpc) is 3.08. The van der Waals surface area contributed by atoms with E-state index >= 15 is 0 Å². The van der Waals surface area contributed by atoms with Gasteiger partial charge in [-0.3, -0.25) is 4.21 Å². The summed E-state index contributed by atoms with van der Waals surface area (Å²) in [5.41, 5.74) is -1.03. The van der Waals surface area contributed by atoms with Crippen molar-refractivity contribution in [3.05, 3.63) is 29.8 Å². The predicted octanol–water partition coefficient (Wildman–Crippen LogP) is 3.51. The standard InChI is InChI=1S/C13H12F3NOS/c14-13(15,16)10-2-1-3-11(8-10)19(18)9-12(4-5-12)6-7-17/h1-3,8H,4-6,9H2. The summed E-state index contributed by atoms with van der Waals surface area (Å²) in [6.07, 6.45) is -2.46. The Morgan fingerprint density at radius 2 is 2.05 bits per heavy atom. The van der Waals surface area contributed by atoms with Gasteiger partial charge in [0.2, 0.25) is 0 Å². The minimum atomic E-state index is -4.43. The summed E-state index contributed by atoms with van der Waals surface area (Å²) < 4.78 is 49.8. The van der Waals surface area contributed by atoms with E-state index < -0.39 is 22.5 Å². The monoisotopic (exact) mass is 287 g/mol. The van der Waals surface area contributed by atoms with Crippen LogP contribution in [0.15, 0.2) is 29.2 Å². The second-order valence-electron chi connectivity index (χ2n) is 4.85. The zero-order valence-corrected chi connectivity index (χ0v) is 10.9. The Labute approximate surface area is 111 Å². The van der Waals surface area contributed by atoms with Gasteiger partial charge >= 0.3 is 6.18 Å². The van der Waals surface area contributed by atoms with Crippen LogP contribution < -0.4 is 0 Å². The van der Waals surface area contributed by atoms with E-state index in [-0.39, 0.29) is 16.1 Å². The van der Waals surface area contributed by atoms with E-state index in [0.29, 0.717) is 6.42 Å². The predicted molar refractivity (Wildman–Crippen MR) is 64.6 cm³/mol. The summed E-state index contributed by atoms with van der Waals surface area (Å²) in [5, 5.41) is 8.68. The molecule has 0 aliphatic heterocycles. The van der Waals surface area contributed by atoms with Gasteiger partial charge in [0.15, 0.2) is 0 Å². The van der Waals surface area contributed by atoms with Crippen LogP contribution in [0.1, 0.15) is 24.8 Å². The van der Waals surface area contributed by atoms with Gasteiger partial charge in [-0.15, -0.1) is 0 Å². The number of benzene rings is 1. The molecule has 1 fully saturated rings. The highest BCUT2D eigenvalue weighted by Crippen LogP contribution is 2.49. The van der Waals surface area contributed by atoms with Gasteiger partial charge in [-0.1, -0.05) is 6.07 Å². The van der Waals surface area contributed by atoms with Crippen molar-refractivity contribution in [1.82, 2.24) is 0 Å². The molecule has 1 aliphatic rings. The molecule has 102 valence electrons. The second kappa shape index (κ2) is 4.97. The summed E-state index contributed by atoms with van der Waals surface area (Å²) in [7, 11) is -1.49. The molecular weight excluding hydrogens is 275 g/mol. The van der Waals surface area contributed by atoms with Crippen molar-refractivity contribution in [2.75, 3.05) is 5.75 Å². The smallest absolute Gasteiger partial charge is 0.254 e. The fraction of sp³-hybridized carbons (Fsp3) is 0.462. The maximum atomic E-state index is 12.6. The first kappa shape index (κ1) is 14.1. The third-order valence-corrected chi connectivity index (χ3v) is 4.93. The molecule has 0 radical (unpaired) electrons. The quantitative estimate of drug-likeness (QED) is 0.850. The molecule has 1 unspecified atom stereocenters. The molecule has 1 aromatic rings. The number of hydrogen-bond acceptors (Lipinski definition) is 2. The molecule has 19 heavy (non-hydrogen) atoms. The summed E-state index contributed by atoms with van der Waals surface area (Å²) in [4.78, 5) is 0.180. The lowest BCUT2D eigenvalue weighted by molar-refractivity contribution is -0.137. The van der Waals surface area contributed by atoms with Crippen LogP contribution in [0.4, 0.5) is 13.2 Å². The molecule has 0 amide bonds. The van der Waals surface area contributed by atoms with Gasteiger partial charge in [-0.05, 0) is 36.5 Å². The third-order valence-electron chi connectivity index (χ3n) is 3.27. The van der Waals surface area contributed by atoms with Gasteiger partial charge in [0.1, 0.15) is 0 Å². The molecule has 0 heterocycles. The molecule has 0 spiro atoms. The molecular formula is C13H12F3NOS. The van der Waals surface area contributed by atoms with Crippen LogP contribution >= 0.6 is 0 Å². The fourth-order valence-corrected chi connectivity index (χ4v) is 3.49. The van der Waals surface area contributed by atoms with E-state index in [0.717, 1.165) is 25.0 Å². The Morgan fingerprint density at radius 1 is 1.37 bits per heavy atom. The molecule has 0 N–H and O–H groups in total. The maximum absolute atomic E-state index is 12.6. The molecule has 0 saturated heterocycles. The highest BCUT2D eigenvalue weighted by atomic mass is 32.2. The van der Waals surface area contributed by atoms with E-state index in [4.69, 9.17) is 5.26 Å². The van der Waals surface area contributed by atoms with E-state index in [1.165, 1.54) is 12.1 Å². The van der Waals surface area contributed by atoms with Gasteiger partial charge in [0.05, 0.1) is 22.4 Å². The summed E-state index contributed by atoms with van der Waals surface area (Å²) >= 11 is 0. The normalized spacial score (nSPS) is 18.6. The molecule has 1 aromatic carbocycles. The fourth-order valence-electron chi connectivity index (χ4n) is 1.89. The average molecular weight is 287 g/mol.